The minimum atomic E-state index is -0.874. The van der Waals surface area contributed by atoms with Crippen molar-refractivity contribution in [1.82, 2.24) is 10.6 Å². The van der Waals surface area contributed by atoms with E-state index in [1.54, 1.807) is 6.92 Å². The van der Waals surface area contributed by atoms with Gasteiger partial charge in [-0.05, 0) is 19.8 Å². The maximum atomic E-state index is 11.2. The summed E-state index contributed by atoms with van der Waals surface area (Å²) in [7, 11) is 0. The highest BCUT2D eigenvalue weighted by Crippen LogP contribution is 1.93. The minimum Gasteiger partial charge on any atom is -0.481 e. The van der Waals surface area contributed by atoms with E-state index in [0.717, 1.165) is 6.29 Å². The van der Waals surface area contributed by atoms with Crippen LogP contribution in [0.2, 0.25) is 0 Å². The number of carbonyl (C=O) groups excluding carboxylic acids is 2. The van der Waals surface area contributed by atoms with Gasteiger partial charge < -0.3 is 20.5 Å². The summed E-state index contributed by atoms with van der Waals surface area (Å²) in [6.45, 7) is 2.14. The predicted octanol–water partition coefficient (Wildman–Crippen LogP) is 0.518. The molecule has 0 bridgehead atoms. The third kappa shape index (κ3) is 8.98. The number of rotatable bonds is 8. The Hall–Kier alpha value is -1.59. The molecule has 0 aromatic carbocycles. The molecule has 0 aliphatic heterocycles. The van der Waals surface area contributed by atoms with E-state index in [2.05, 4.69) is 10.6 Å². The lowest BCUT2D eigenvalue weighted by Crippen LogP contribution is -2.41. The number of hydrogen-bond donors (Lipinski definition) is 3. The first-order valence-corrected chi connectivity index (χ1v) is 5.26. The van der Waals surface area contributed by atoms with E-state index in [1.807, 2.05) is 0 Å². The highest BCUT2D eigenvalue weighted by molar-refractivity contribution is 5.74. The Balaban J connectivity index is 3.50. The van der Waals surface area contributed by atoms with Gasteiger partial charge in [-0.2, -0.15) is 0 Å². The quantitative estimate of drug-likeness (QED) is 0.418. The van der Waals surface area contributed by atoms with Gasteiger partial charge in [-0.3, -0.25) is 4.79 Å². The smallest absolute Gasteiger partial charge is 0.314 e. The van der Waals surface area contributed by atoms with Crippen LogP contribution in [0.4, 0.5) is 4.79 Å². The van der Waals surface area contributed by atoms with E-state index in [9.17, 15) is 14.4 Å². The van der Waals surface area contributed by atoms with Gasteiger partial charge in [-0.1, -0.05) is 0 Å². The van der Waals surface area contributed by atoms with E-state index in [1.165, 1.54) is 0 Å². The fourth-order valence-electron chi connectivity index (χ4n) is 1.11. The van der Waals surface area contributed by atoms with Gasteiger partial charge in [0.2, 0.25) is 0 Å². The van der Waals surface area contributed by atoms with Crippen LogP contribution in [0.5, 0.6) is 0 Å². The van der Waals surface area contributed by atoms with E-state index in [4.69, 9.17) is 5.11 Å². The Morgan fingerprint density at radius 3 is 2.69 bits per heavy atom. The second-order valence-corrected chi connectivity index (χ2v) is 3.54. The summed E-state index contributed by atoms with van der Waals surface area (Å²) in [6, 6.07) is -0.395. The summed E-state index contributed by atoms with van der Waals surface area (Å²) in [5, 5.41) is 13.5. The normalized spacial score (nSPS) is 11.6. The first-order chi connectivity index (χ1) is 7.56. The van der Waals surface area contributed by atoms with Crippen LogP contribution in [-0.4, -0.2) is 36.0 Å². The van der Waals surface area contributed by atoms with Crippen molar-refractivity contribution in [3.8, 4) is 0 Å². The van der Waals surface area contributed by atoms with Crippen molar-refractivity contribution in [2.45, 2.75) is 38.6 Å². The molecule has 0 spiro atoms. The van der Waals surface area contributed by atoms with Crippen molar-refractivity contribution in [1.29, 1.82) is 0 Å². The second-order valence-electron chi connectivity index (χ2n) is 3.54. The Kier molecular flexibility index (Phi) is 7.83. The van der Waals surface area contributed by atoms with Gasteiger partial charge in [0.25, 0.3) is 0 Å². The van der Waals surface area contributed by atoms with E-state index < -0.39 is 5.97 Å². The van der Waals surface area contributed by atoms with Crippen LogP contribution in [0.25, 0.3) is 0 Å². The molecule has 92 valence electrons. The summed E-state index contributed by atoms with van der Waals surface area (Å²) in [6.07, 6.45) is 2.28. The van der Waals surface area contributed by atoms with E-state index in [-0.39, 0.29) is 18.5 Å². The molecule has 0 radical (unpaired) electrons. The molecule has 0 aromatic rings. The maximum absolute atomic E-state index is 11.2. The highest BCUT2D eigenvalue weighted by Gasteiger charge is 2.06. The molecule has 0 heterocycles. The number of aldehydes is 1. The summed E-state index contributed by atoms with van der Waals surface area (Å²) in [5.74, 6) is -0.874. The van der Waals surface area contributed by atoms with Crippen LogP contribution in [0.15, 0.2) is 0 Å². The van der Waals surface area contributed by atoms with Gasteiger partial charge in [0.05, 0.1) is 0 Å². The zero-order valence-electron chi connectivity index (χ0n) is 9.36. The molecule has 0 aliphatic rings. The average Bonchev–Trinajstić information content (AvgIpc) is 2.21. The Labute approximate surface area is 94.4 Å². The van der Waals surface area contributed by atoms with Gasteiger partial charge in [0.1, 0.15) is 6.29 Å². The molecule has 2 amide bonds. The van der Waals surface area contributed by atoms with Crippen molar-refractivity contribution in [2.24, 2.45) is 0 Å². The fraction of sp³-hybridized carbons (Fsp3) is 0.700. The molecule has 6 heteroatoms. The van der Waals surface area contributed by atoms with Gasteiger partial charge in [0.15, 0.2) is 0 Å². The Morgan fingerprint density at radius 2 is 2.12 bits per heavy atom. The molecule has 3 N–H and O–H groups in total. The minimum absolute atomic E-state index is 0.0426. The standard InChI is InChI=1S/C10H18N2O4/c1-8(4-3-7-13)12-10(16)11-6-2-5-9(14)15/h7-8H,2-6H2,1H3,(H,14,15)(H2,11,12,16)/t8-/m1/s1. The lowest BCUT2D eigenvalue weighted by molar-refractivity contribution is -0.137. The van der Waals surface area contributed by atoms with E-state index in [0.29, 0.717) is 25.8 Å². The number of carboxylic acids is 1. The van der Waals surface area contributed by atoms with Crippen LogP contribution in [0.1, 0.15) is 32.6 Å². The van der Waals surface area contributed by atoms with Crippen molar-refractivity contribution in [2.75, 3.05) is 6.54 Å². The fourth-order valence-corrected chi connectivity index (χ4v) is 1.11. The van der Waals surface area contributed by atoms with Crippen LogP contribution < -0.4 is 10.6 Å². The lowest BCUT2D eigenvalue weighted by atomic mass is 10.2. The third-order valence-electron chi connectivity index (χ3n) is 1.95. The monoisotopic (exact) mass is 230 g/mol. The predicted molar refractivity (Wildman–Crippen MR) is 58.2 cm³/mol. The number of carbonyl (C=O) groups is 3. The highest BCUT2D eigenvalue weighted by atomic mass is 16.4. The third-order valence-corrected chi connectivity index (χ3v) is 1.95. The second kappa shape index (κ2) is 8.70. The first kappa shape index (κ1) is 14.4. The van der Waals surface area contributed by atoms with Gasteiger partial charge in [-0.15, -0.1) is 0 Å². The van der Waals surface area contributed by atoms with Crippen LogP contribution >= 0.6 is 0 Å². The number of hydrogen-bond acceptors (Lipinski definition) is 3. The SMILES string of the molecule is C[C@H](CCC=O)NC(=O)NCCCC(=O)O. The first-order valence-electron chi connectivity index (χ1n) is 5.26. The average molecular weight is 230 g/mol. The molecule has 0 rings (SSSR count). The summed E-state index contributed by atoms with van der Waals surface area (Å²) in [5.41, 5.74) is 0. The summed E-state index contributed by atoms with van der Waals surface area (Å²) < 4.78 is 0. The largest absolute Gasteiger partial charge is 0.481 e. The number of nitrogens with one attached hydrogen (secondary N) is 2. The Bertz CT molecular complexity index is 243. The topological polar surface area (TPSA) is 95.5 Å². The number of urea groups is 1. The molecule has 0 unspecified atom stereocenters. The molecule has 0 aliphatic carbocycles. The number of aliphatic carboxylic acids is 1. The molecule has 0 saturated carbocycles. The Morgan fingerprint density at radius 1 is 1.44 bits per heavy atom. The number of amides is 2. The summed E-state index contributed by atoms with van der Waals surface area (Å²) in [4.78, 5) is 31.5. The molecule has 0 saturated heterocycles. The zero-order chi connectivity index (χ0) is 12.4. The van der Waals surface area contributed by atoms with Crippen LogP contribution in [-0.2, 0) is 9.59 Å². The molecule has 0 aromatic heterocycles. The lowest BCUT2D eigenvalue weighted by Gasteiger charge is -2.12. The van der Waals surface area contributed by atoms with Crippen molar-refractivity contribution in [3.05, 3.63) is 0 Å². The van der Waals surface area contributed by atoms with E-state index >= 15 is 0 Å². The maximum Gasteiger partial charge on any atom is 0.314 e. The molecule has 1 atom stereocenters. The molecule has 6 nitrogen and oxygen atoms in total. The van der Waals surface area contributed by atoms with Crippen molar-refractivity contribution < 1.29 is 19.5 Å². The summed E-state index contributed by atoms with van der Waals surface area (Å²) >= 11 is 0. The molecular weight excluding hydrogens is 212 g/mol. The van der Waals surface area contributed by atoms with Gasteiger partial charge in [0, 0.05) is 25.4 Å². The van der Waals surface area contributed by atoms with Crippen LogP contribution in [0.3, 0.4) is 0 Å². The van der Waals surface area contributed by atoms with Crippen LogP contribution in [0, 0.1) is 0 Å². The molecular formula is C10H18N2O4. The zero-order valence-corrected chi connectivity index (χ0v) is 9.36. The number of carboxylic acid groups (broad SMARTS) is 1. The van der Waals surface area contributed by atoms with Gasteiger partial charge in [-0.25, -0.2) is 4.79 Å². The van der Waals surface area contributed by atoms with Crippen molar-refractivity contribution in [3.63, 3.8) is 0 Å². The molecule has 0 fully saturated rings. The molecule has 16 heavy (non-hydrogen) atoms. The van der Waals surface area contributed by atoms with Crippen molar-refractivity contribution >= 4 is 18.3 Å². The van der Waals surface area contributed by atoms with Gasteiger partial charge >= 0.3 is 12.0 Å².